The molecule has 0 aliphatic carbocycles. The van der Waals surface area contributed by atoms with E-state index in [1.54, 1.807) is 18.5 Å². The van der Waals surface area contributed by atoms with Gasteiger partial charge in [-0.05, 0) is 36.2 Å². The zero-order valence-electron chi connectivity index (χ0n) is 21.1. The molecule has 36 heavy (non-hydrogen) atoms. The Bertz CT molecular complexity index is 1530. The molecule has 1 aliphatic heterocycles. The van der Waals surface area contributed by atoms with E-state index in [1.165, 1.54) is 6.07 Å². The van der Waals surface area contributed by atoms with Gasteiger partial charge in [0.1, 0.15) is 20.2 Å². The van der Waals surface area contributed by atoms with Crippen molar-refractivity contribution in [3.8, 4) is 28.7 Å². The summed E-state index contributed by atoms with van der Waals surface area (Å²) in [6.07, 6.45) is 2.46. The van der Waals surface area contributed by atoms with Crippen molar-refractivity contribution in [2.75, 3.05) is 0 Å². The van der Waals surface area contributed by atoms with Gasteiger partial charge in [0.05, 0.1) is 23.6 Å². The summed E-state index contributed by atoms with van der Waals surface area (Å²) in [7, 11) is -1.57. The highest BCUT2D eigenvalue weighted by Gasteiger charge is 2.26. The Morgan fingerprint density at radius 3 is 2.67 bits per heavy atom. The predicted octanol–water partition coefficient (Wildman–Crippen LogP) is 5.84. The number of fused-ring (bicyclic) bond motifs is 3. The zero-order valence-corrected chi connectivity index (χ0v) is 22.1. The molecule has 0 fully saturated rings. The quantitative estimate of drug-likeness (QED) is 0.262. The highest BCUT2D eigenvalue weighted by molar-refractivity contribution is 6.83. The van der Waals surface area contributed by atoms with Gasteiger partial charge in [0.25, 0.3) is 5.89 Å². The molecule has 0 saturated heterocycles. The summed E-state index contributed by atoms with van der Waals surface area (Å²) in [5.74, 6) is 4.43. The van der Waals surface area contributed by atoms with Crippen LogP contribution in [0.1, 0.15) is 42.1 Å². The molecule has 0 saturated carbocycles. The van der Waals surface area contributed by atoms with Gasteiger partial charge in [-0.25, -0.2) is 9.37 Å². The van der Waals surface area contributed by atoms with E-state index in [9.17, 15) is 4.39 Å². The summed E-state index contributed by atoms with van der Waals surface area (Å²) in [6.45, 7) is 11.1. The van der Waals surface area contributed by atoms with Gasteiger partial charge < -0.3 is 4.52 Å². The Labute approximate surface area is 211 Å². The maximum absolute atomic E-state index is 15.0. The fraction of sp³-hybridized carbons (Fsp3) is 0.286. The largest absolute Gasteiger partial charge is 0.332 e. The average molecular weight is 498 g/mol. The lowest BCUT2D eigenvalue weighted by atomic mass is 9.98. The number of hydrogen-bond acceptors (Lipinski definition) is 5. The van der Waals surface area contributed by atoms with E-state index < -0.39 is 8.07 Å². The van der Waals surface area contributed by atoms with E-state index in [0.717, 1.165) is 28.9 Å². The first-order valence-corrected chi connectivity index (χ1v) is 15.6. The number of imidazole rings is 1. The van der Waals surface area contributed by atoms with Crippen LogP contribution in [0.3, 0.4) is 0 Å². The van der Waals surface area contributed by atoms with Crippen LogP contribution >= 0.6 is 0 Å². The second kappa shape index (κ2) is 9.32. The molecular formula is C28H28FN5OSi. The van der Waals surface area contributed by atoms with Gasteiger partial charge >= 0.3 is 0 Å². The fourth-order valence-corrected chi connectivity index (χ4v) is 4.62. The number of hydrogen-bond donors (Lipinski definition) is 0. The van der Waals surface area contributed by atoms with E-state index in [4.69, 9.17) is 9.52 Å². The number of rotatable bonds is 4. The molecular weight excluding hydrogens is 469 g/mol. The molecule has 182 valence electrons. The number of aliphatic imine (C=N–C) groups is 1. The van der Waals surface area contributed by atoms with Gasteiger partial charge in [-0.1, -0.05) is 56.7 Å². The molecule has 6 nitrogen and oxygen atoms in total. The molecule has 3 heterocycles. The van der Waals surface area contributed by atoms with E-state index in [-0.39, 0.29) is 12.4 Å². The first kappa shape index (κ1) is 23.9. The monoisotopic (exact) mass is 497 g/mol. The van der Waals surface area contributed by atoms with Crippen LogP contribution in [0, 0.1) is 23.2 Å². The van der Waals surface area contributed by atoms with E-state index in [2.05, 4.69) is 60.1 Å². The van der Waals surface area contributed by atoms with Crippen molar-refractivity contribution in [2.45, 2.75) is 46.5 Å². The summed E-state index contributed by atoms with van der Waals surface area (Å²) in [4.78, 5) is 14.1. The van der Waals surface area contributed by atoms with Crippen LogP contribution in [0.15, 0.2) is 58.3 Å². The Balaban J connectivity index is 1.67. The first-order valence-electron chi connectivity index (χ1n) is 12.1. The lowest BCUT2D eigenvalue weighted by molar-refractivity contribution is 0.416. The summed E-state index contributed by atoms with van der Waals surface area (Å²) in [5, 5.41) is 4.12. The highest BCUT2D eigenvalue weighted by atomic mass is 28.3. The Morgan fingerprint density at radius 2 is 1.92 bits per heavy atom. The standard InChI is InChI=1S/C28H28FN5OSi/c1-18(2)14-25-32-28(35-33-25)27-24-16-30-26(20-8-6-7-9-22(20)29)21-15-19(12-13-36(3,4)5)10-11-23(21)34(24)17-31-27/h6-11,15,17-18H,14,16H2,1-5H3. The zero-order chi connectivity index (χ0) is 25.4. The maximum atomic E-state index is 15.0. The molecule has 0 N–H and O–H groups in total. The molecule has 0 spiro atoms. The van der Waals surface area contributed by atoms with Gasteiger partial charge in [-0.3, -0.25) is 9.56 Å². The van der Waals surface area contributed by atoms with Gasteiger partial charge in [0, 0.05) is 23.1 Å². The minimum atomic E-state index is -1.57. The lowest BCUT2D eigenvalue weighted by Crippen LogP contribution is -2.16. The van der Waals surface area contributed by atoms with Crippen molar-refractivity contribution in [1.82, 2.24) is 19.7 Å². The van der Waals surface area contributed by atoms with Gasteiger partial charge in [-0.2, -0.15) is 4.98 Å². The smallest absolute Gasteiger partial charge is 0.278 e. The Morgan fingerprint density at radius 1 is 1.11 bits per heavy atom. The highest BCUT2D eigenvalue weighted by Crippen LogP contribution is 2.31. The normalized spacial score (nSPS) is 12.9. The third kappa shape index (κ3) is 4.79. The molecule has 0 amide bonds. The summed E-state index contributed by atoms with van der Waals surface area (Å²) in [5.41, 5.74) is 8.37. The van der Waals surface area contributed by atoms with Crippen molar-refractivity contribution < 1.29 is 8.91 Å². The van der Waals surface area contributed by atoms with Gasteiger partial charge in [0.2, 0.25) is 0 Å². The second-order valence-electron chi connectivity index (χ2n) is 10.4. The molecule has 1 aliphatic rings. The lowest BCUT2D eigenvalue weighted by Gasteiger charge is -2.13. The van der Waals surface area contributed by atoms with Gasteiger partial charge in [-0.15, -0.1) is 5.54 Å². The second-order valence-corrected chi connectivity index (χ2v) is 15.2. The fourth-order valence-electron chi connectivity index (χ4n) is 4.11. The third-order valence-corrected chi connectivity index (χ3v) is 6.61. The van der Waals surface area contributed by atoms with Crippen molar-refractivity contribution in [3.05, 3.63) is 82.8 Å². The van der Waals surface area contributed by atoms with Crippen LogP contribution in [0.5, 0.6) is 0 Å². The Hall–Kier alpha value is -3.83. The van der Waals surface area contributed by atoms with Crippen molar-refractivity contribution in [1.29, 1.82) is 0 Å². The van der Waals surface area contributed by atoms with Crippen LogP contribution in [0.2, 0.25) is 19.6 Å². The summed E-state index contributed by atoms with van der Waals surface area (Å²) < 4.78 is 22.5. The minimum absolute atomic E-state index is 0.283. The van der Waals surface area contributed by atoms with Crippen LogP contribution in [0.25, 0.3) is 17.3 Å². The van der Waals surface area contributed by atoms with Gasteiger partial charge in [0.15, 0.2) is 11.5 Å². The van der Waals surface area contributed by atoms with Crippen molar-refractivity contribution in [2.24, 2.45) is 10.9 Å². The van der Waals surface area contributed by atoms with Crippen LogP contribution in [-0.2, 0) is 13.0 Å². The first-order chi connectivity index (χ1) is 17.2. The van der Waals surface area contributed by atoms with Crippen LogP contribution in [0.4, 0.5) is 4.39 Å². The van der Waals surface area contributed by atoms with E-state index in [0.29, 0.717) is 34.6 Å². The average Bonchev–Trinajstić information content (AvgIpc) is 3.41. The molecule has 0 radical (unpaired) electrons. The number of halogens is 1. The summed E-state index contributed by atoms with van der Waals surface area (Å²) in [6, 6.07) is 12.7. The summed E-state index contributed by atoms with van der Waals surface area (Å²) >= 11 is 0. The van der Waals surface area contributed by atoms with Crippen molar-refractivity contribution in [3.63, 3.8) is 0 Å². The molecule has 4 aromatic rings. The number of nitrogens with zero attached hydrogens (tertiary/aromatic N) is 5. The van der Waals surface area contributed by atoms with Crippen LogP contribution < -0.4 is 0 Å². The van der Waals surface area contributed by atoms with E-state index >= 15 is 0 Å². The van der Waals surface area contributed by atoms with Crippen LogP contribution in [-0.4, -0.2) is 33.5 Å². The number of aromatic nitrogens is 4. The SMILES string of the molecule is CC(C)Cc1noc(-c2ncn3c2CN=C(c2ccccc2F)c2cc(C#C[Si](C)(C)C)ccc2-3)n1. The third-order valence-electron chi connectivity index (χ3n) is 5.74. The Kier molecular flexibility index (Phi) is 6.18. The molecule has 0 bridgehead atoms. The molecule has 8 heteroatoms. The minimum Gasteiger partial charge on any atom is -0.332 e. The maximum Gasteiger partial charge on any atom is 0.278 e. The number of benzene rings is 2. The molecule has 5 rings (SSSR count). The molecule has 2 aromatic carbocycles. The van der Waals surface area contributed by atoms with E-state index in [1.807, 2.05) is 28.8 Å². The predicted molar refractivity (Wildman–Crippen MR) is 141 cm³/mol. The molecule has 0 atom stereocenters. The van der Waals surface area contributed by atoms with Crippen molar-refractivity contribution >= 4 is 13.8 Å². The molecule has 2 aromatic heterocycles. The topological polar surface area (TPSA) is 69.1 Å². The molecule has 0 unspecified atom stereocenters.